The lowest BCUT2D eigenvalue weighted by atomic mass is 10.00. The first-order chi connectivity index (χ1) is 9.08. The number of hydrogen-bond donors (Lipinski definition) is 1. The number of fused-ring (bicyclic) bond motifs is 2. The fourth-order valence-electron chi connectivity index (χ4n) is 3.46. The molecule has 0 aromatic carbocycles. The summed E-state index contributed by atoms with van der Waals surface area (Å²) < 4.78 is 7.38. The van der Waals surface area contributed by atoms with Crippen LogP contribution in [0, 0.1) is 0 Å². The lowest BCUT2D eigenvalue weighted by Crippen LogP contribution is -2.50. The molecule has 19 heavy (non-hydrogen) atoms. The molecule has 0 spiro atoms. The van der Waals surface area contributed by atoms with Crippen LogP contribution in [0.3, 0.4) is 0 Å². The molecule has 3 rings (SSSR count). The zero-order valence-electron chi connectivity index (χ0n) is 11.3. The Morgan fingerprint density at radius 2 is 2.21 bits per heavy atom. The Hall–Kier alpha value is -1.33. The zero-order valence-corrected chi connectivity index (χ0v) is 11.3. The van der Waals surface area contributed by atoms with Crippen molar-refractivity contribution in [3.63, 3.8) is 0 Å². The molecular weight excluding hydrogens is 244 g/mol. The number of rotatable bonds is 2. The number of piperidine rings is 1. The molecule has 1 aromatic heterocycles. The SMILES string of the molecule is CN1[C@@H]2CC[C@@H](OC(=O)c3cccn3C)[C@H]1[C@H](O)C2. The van der Waals surface area contributed by atoms with Crippen LogP contribution in [-0.2, 0) is 11.8 Å². The van der Waals surface area contributed by atoms with E-state index in [1.807, 2.05) is 26.4 Å². The normalized spacial score (nSPS) is 34.5. The van der Waals surface area contributed by atoms with Crippen molar-refractivity contribution in [2.75, 3.05) is 7.05 Å². The molecule has 2 bridgehead atoms. The van der Waals surface area contributed by atoms with Gasteiger partial charge in [-0.1, -0.05) is 0 Å². The minimum atomic E-state index is -0.385. The molecule has 1 N–H and O–H groups in total. The van der Waals surface area contributed by atoms with Gasteiger partial charge in [-0.15, -0.1) is 0 Å². The molecule has 3 heterocycles. The summed E-state index contributed by atoms with van der Waals surface area (Å²) in [5.41, 5.74) is 0.553. The van der Waals surface area contributed by atoms with Crippen LogP contribution >= 0.6 is 0 Å². The first-order valence-corrected chi connectivity index (χ1v) is 6.80. The van der Waals surface area contributed by atoms with E-state index in [0.717, 1.165) is 19.3 Å². The number of carbonyl (C=O) groups is 1. The molecule has 5 heteroatoms. The van der Waals surface area contributed by atoms with Gasteiger partial charge in [0.25, 0.3) is 0 Å². The van der Waals surface area contributed by atoms with Gasteiger partial charge in [-0.25, -0.2) is 4.79 Å². The second-order valence-corrected chi connectivity index (χ2v) is 5.64. The highest BCUT2D eigenvalue weighted by atomic mass is 16.5. The molecular formula is C14H20N2O3. The van der Waals surface area contributed by atoms with Crippen LogP contribution in [0.2, 0.25) is 0 Å². The average Bonchev–Trinajstić information content (AvgIpc) is 2.84. The van der Waals surface area contributed by atoms with Crippen molar-refractivity contribution in [2.24, 2.45) is 7.05 Å². The van der Waals surface area contributed by atoms with Gasteiger partial charge in [0, 0.05) is 19.3 Å². The molecule has 0 aliphatic carbocycles. The number of aryl methyl sites for hydroxylation is 1. The van der Waals surface area contributed by atoms with E-state index in [4.69, 9.17) is 4.74 Å². The Bertz CT molecular complexity index is 485. The minimum absolute atomic E-state index is 0.0528. The number of esters is 1. The smallest absolute Gasteiger partial charge is 0.355 e. The Morgan fingerprint density at radius 1 is 1.42 bits per heavy atom. The van der Waals surface area contributed by atoms with Gasteiger partial charge < -0.3 is 14.4 Å². The number of aliphatic hydroxyl groups excluding tert-OH is 1. The highest BCUT2D eigenvalue weighted by Gasteiger charge is 2.47. The highest BCUT2D eigenvalue weighted by Crippen LogP contribution is 2.36. The van der Waals surface area contributed by atoms with Crippen LogP contribution in [0.4, 0.5) is 0 Å². The topological polar surface area (TPSA) is 54.7 Å². The zero-order chi connectivity index (χ0) is 13.6. The summed E-state index contributed by atoms with van der Waals surface area (Å²) >= 11 is 0. The van der Waals surface area contributed by atoms with E-state index >= 15 is 0 Å². The van der Waals surface area contributed by atoms with Gasteiger partial charge in [0.1, 0.15) is 11.8 Å². The van der Waals surface area contributed by atoms with Gasteiger partial charge in [0.15, 0.2) is 0 Å². The molecule has 2 saturated heterocycles. The predicted molar refractivity (Wildman–Crippen MR) is 69.8 cm³/mol. The summed E-state index contributed by atoms with van der Waals surface area (Å²) in [6.45, 7) is 0. The van der Waals surface area contributed by atoms with E-state index in [0.29, 0.717) is 11.7 Å². The average molecular weight is 264 g/mol. The van der Waals surface area contributed by atoms with Crippen molar-refractivity contribution in [1.82, 2.24) is 9.47 Å². The molecule has 5 nitrogen and oxygen atoms in total. The van der Waals surface area contributed by atoms with E-state index in [-0.39, 0.29) is 24.2 Å². The number of ether oxygens (including phenoxy) is 1. The van der Waals surface area contributed by atoms with Crippen LogP contribution < -0.4 is 0 Å². The van der Waals surface area contributed by atoms with E-state index in [9.17, 15) is 9.90 Å². The minimum Gasteiger partial charge on any atom is -0.456 e. The summed E-state index contributed by atoms with van der Waals surface area (Å²) in [6.07, 6.45) is 3.84. The van der Waals surface area contributed by atoms with E-state index < -0.39 is 0 Å². The molecule has 0 saturated carbocycles. The summed E-state index contributed by atoms with van der Waals surface area (Å²) in [4.78, 5) is 14.3. The molecule has 4 atom stereocenters. The number of carbonyl (C=O) groups excluding carboxylic acids is 1. The van der Waals surface area contributed by atoms with Crippen molar-refractivity contribution < 1.29 is 14.6 Å². The Labute approximate surface area is 112 Å². The molecule has 0 radical (unpaired) electrons. The number of aromatic nitrogens is 1. The summed E-state index contributed by atoms with van der Waals surface area (Å²) in [5, 5.41) is 10.1. The van der Waals surface area contributed by atoms with E-state index in [2.05, 4.69) is 4.90 Å². The Morgan fingerprint density at radius 3 is 2.89 bits per heavy atom. The Balaban J connectivity index is 1.73. The van der Waals surface area contributed by atoms with Gasteiger partial charge in [0.05, 0.1) is 12.1 Å². The number of aliphatic hydroxyl groups is 1. The maximum atomic E-state index is 12.1. The van der Waals surface area contributed by atoms with Crippen LogP contribution in [-0.4, -0.2) is 51.9 Å². The van der Waals surface area contributed by atoms with Crippen LogP contribution in [0.15, 0.2) is 18.3 Å². The first kappa shape index (κ1) is 12.7. The summed E-state index contributed by atoms with van der Waals surface area (Å²) in [5.74, 6) is -0.302. The summed E-state index contributed by atoms with van der Waals surface area (Å²) in [6, 6.07) is 3.96. The second kappa shape index (κ2) is 4.65. The molecule has 2 aliphatic rings. The van der Waals surface area contributed by atoms with Crippen molar-refractivity contribution in [3.8, 4) is 0 Å². The van der Waals surface area contributed by atoms with Crippen LogP contribution in [0.25, 0.3) is 0 Å². The maximum Gasteiger partial charge on any atom is 0.355 e. The monoisotopic (exact) mass is 264 g/mol. The molecule has 2 fully saturated rings. The second-order valence-electron chi connectivity index (χ2n) is 5.64. The van der Waals surface area contributed by atoms with Crippen molar-refractivity contribution in [1.29, 1.82) is 0 Å². The highest BCUT2D eigenvalue weighted by molar-refractivity contribution is 5.87. The fourth-order valence-corrected chi connectivity index (χ4v) is 3.46. The molecule has 2 aliphatic heterocycles. The third-order valence-corrected chi connectivity index (χ3v) is 4.53. The standard InChI is InChI=1S/C14H20N2O3/c1-15-7-3-4-10(15)14(18)19-12-6-5-9-8-11(17)13(12)16(9)2/h3-4,7,9,11-13,17H,5-6,8H2,1-2H3/t9-,11-,12-,13-/m1/s1. The van der Waals surface area contributed by atoms with Gasteiger partial charge >= 0.3 is 5.97 Å². The van der Waals surface area contributed by atoms with Gasteiger partial charge in [0.2, 0.25) is 0 Å². The van der Waals surface area contributed by atoms with Crippen molar-refractivity contribution in [3.05, 3.63) is 24.0 Å². The summed E-state index contributed by atoms with van der Waals surface area (Å²) in [7, 11) is 3.83. The van der Waals surface area contributed by atoms with Gasteiger partial charge in [-0.2, -0.15) is 0 Å². The molecule has 0 amide bonds. The van der Waals surface area contributed by atoms with Gasteiger partial charge in [-0.3, -0.25) is 4.90 Å². The molecule has 0 unspecified atom stereocenters. The van der Waals surface area contributed by atoms with Gasteiger partial charge in [-0.05, 0) is 38.4 Å². The number of nitrogens with zero attached hydrogens (tertiary/aromatic N) is 2. The van der Waals surface area contributed by atoms with Crippen LogP contribution in [0.5, 0.6) is 0 Å². The van der Waals surface area contributed by atoms with E-state index in [1.54, 1.807) is 10.6 Å². The molecule has 104 valence electrons. The maximum absolute atomic E-state index is 12.1. The van der Waals surface area contributed by atoms with Crippen molar-refractivity contribution in [2.45, 2.75) is 43.6 Å². The fraction of sp³-hybridized carbons (Fsp3) is 0.643. The number of likely N-dealkylation sites (N-methyl/N-ethyl adjacent to an activating group) is 1. The van der Waals surface area contributed by atoms with Crippen LogP contribution in [0.1, 0.15) is 29.8 Å². The first-order valence-electron chi connectivity index (χ1n) is 6.80. The number of hydrogen-bond acceptors (Lipinski definition) is 4. The molecule has 1 aromatic rings. The lowest BCUT2D eigenvalue weighted by molar-refractivity contribution is -0.0331. The van der Waals surface area contributed by atoms with E-state index in [1.165, 1.54) is 0 Å². The predicted octanol–water partition coefficient (Wildman–Crippen LogP) is 0.778. The largest absolute Gasteiger partial charge is 0.456 e. The van der Waals surface area contributed by atoms with Crippen molar-refractivity contribution >= 4 is 5.97 Å². The quantitative estimate of drug-likeness (QED) is 0.802. The third-order valence-electron chi connectivity index (χ3n) is 4.53. The Kier molecular flexibility index (Phi) is 3.11. The third kappa shape index (κ3) is 2.07. The lowest BCUT2D eigenvalue weighted by Gasteiger charge is -2.37.